The maximum atomic E-state index is 12.9. The molecule has 0 saturated heterocycles. The first-order valence-electron chi connectivity index (χ1n) is 9.41. The molecule has 29 heavy (non-hydrogen) atoms. The quantitative estimate of drug-likeness (QED) is 0.736. The van der Waals surface area contributed by atoms with Crippen molar-refractivity contribution >= 4 is 23.2 Å². The molecule has 3 aromatic rings. The number of benzene rings is 2. The predicted molar refractivity (Wildman–Crippen MR) is 111 cm³/mol. The molecule has 2 aromatic carbocycles. The minimum Gasteiger partial charge on any atom is -0.479 e. The van der Waals surface area contributed by atoms with Crippen LogP contribution in [-0.4, -0.2) is 22.9 Å². The fourth-order valence-electron chi connectivity index (χ4n) is 3.31. The summed E-state index contributed by atoms with van der Waals surface area (Å²) in [7, 11) is 0. The third-order valence-corrected chi connectivity index (χ3v) is 4.96. The average molecular weight is 387 g/mol. The maximum Gasteiger partial charge on any atom is 0.268 e. The standard InChI is InChI=1S/C23H21N3O3/c1-15-5-3-4-6-18(15)14-26-20-13-19(7-8-21(20)29-16(2)23(26)28)25-22(27)17-9-11-24-12-10-17/h3-13,16H,14H2,1-2H3,(H,25,27). The van der Waals surface area contributed by atoms with Gasteiger partial charge in [0.05, 0.1) is 12.2 Å². The van der Waals surface area contributed by atoms with Gasteiger partial charge in [0.15, 0.2) is 6.10 Å². The van der Waals surface area contributed by atoms with Crippen LogP contribution in [0.3, 0.4) is 0 Å². The molecule has 2 heterocycles. The lowest BCUT2D eigenvalue weighted by molar-refractivity contribution is -0.125. The molecule has 1 atom stereocenters. The van der Waals surface area contributed by atoms with Gasteiger partial charge in [-0.2, -0.15) is 0 Å². The van der Waals surface area contributed by atoms with Gasteiger partial charge in [0.25, 0.3) is 11.8 Å². The van der Waals surface area contributed by atoms with Crippen molar-refractivity contribution in [2.75, 3.05) is 10.2 Å². The second-order valence-electron chi connectivity index (χ2n) is 6.98. The summed E-state index contributed by atoms with van der Waals surface area (Å²) in [6, 6.07) is 16.6. The van der Waals surface area contributed by atoms with Crippen molar-refractivity contribution in [2.24, 2.45) is 0 Å². The summed E-state index contributed by atoms with van der Waals surface area (Å²) in [6.07, 6.45) is 2.57. The highest BCUT2D eigenvalue weighted by Crippen LogP contribution is 2.37. The van der Waals surface area contributed by atoms with Crippen LogP contribution in [0.4, 0.5) is 11.4 Å². The lowest BCUT2D eigenvalue weighted by atomic mass is 10.1. The third kappa shape index (κ3) is 3.82. The molecular formula is C23H21N3O3. The summed E-state index contributed by atoms with van der Waals surface area (Å²) in [5.41, 5.74) is 3.92. The Kier molecular flexibility index (Phi) is 4.99. The zero-order valence-electron chi connectivity index (χ0n) is 16.3. The van der Waals surface area contributed by atoms with E-state index in [4.69, 9.17) is 4.74 Å². The minimum atomic E-state index is -0.566. The zero-order chi connectivity index (χ0) is 20.4. The Morgan fingerprint density at radius 2 is 1.90 bits per heavy atom. The van der Waals surface area contributed by atoms with Gasteiger partial charge in [0, 0.05) is 23.6 Å². The lowest BCUT2D eigenvalue weighted by Gasteiger charge is -2.33. The Morgan fingerprint density at radius 3 is 2.66 bits per heavy atom. The number of hydrogen-bond acceptors (Lipinski definition) is 4. The first-order chi connectivity index (χ1) is 14.0. The number of rotatable bonds is 4. The predicted octanol–water partition coefficient (Wildman–Crippen LogP) is 3.96. The van der Waals surface area contributed by atoms with E-state index >= 15 is 0 Å². The van der Waals surface area contributed by atoms with Crippen LogP contribution in [0.2, 0.25) is 0 Å². The Hall–Kier alpha value is -3.67. The SMILES string of the molecule is Cc1ccccc1CN1C(=O)C(C)Oc2ccc(NC(=O)c3ccncc3)cc21. The number of hydrogen-bond donors (Lipinski definition) is 1. The van der Waals surface area contributed by atoms with E-state index < -0.39 is 6.10 Å². The van der Waals surface area contributed by atoms with Gasteiger partial charge in [-0.25, -0.2) is 0 Å². The van der Waals surface area contributed by atoms with Crippen molar-refractivity contribution in [1.29, 1.82) is 0 Å². The number of amides is 2. The number of carbonyl (C=O) groups is 2. The van der Waals surface area contributed by atoms with Crippen molar-refractivity contribution < 1.29 is 14.3 Å². The van der Waals surface area contributed by atoms with E-state index in [2.05, 4.69) is 10.3 Å². The molecule has 0 saturated carbocycles. The molecule has 1 N–H and O–H groups in total. The van der Waals surface area contributed by atoms with Crippen molar-refractivity contribution in [1.82, 2.24) is 4.98 Å². The van der Waals surface area contributed by atoms with Crippen LogP contribution in [0.25, 0.3) is 0 Å². The van der Waals surface area contributed by atoms with E-state index in [1.807, 2.05) is 31.2 Å². The van der Waals surface area contributed by atoms with Gasteiger partial charge >= 0.3 is 0 Å². The van der Waals surface area contributed by atoms with Gasteiger partial charge in [-0.1, -0.05) is 24.3 Å². The fourth-order valence-corrected chi connectivity index (χ4v) is 3.31. The molecule has 146 valence electrons. The molecule has 4 rings (SSSR count). The number of nitrogens with zero attached hydrogens (tertiary/aromatic N) is 2. The van der Waals surface area contributed by atoms with E-state index in [1.165, 1.54) is 0 Å². The molecule has 1 aliphatic heterocycles. The summed E-state index contributed by atoms with van der Waals surface area (Å²) in [5.74, 6) is 0.264. The normalized spacial score (nSPS) is 15.4. The molecule has 1 unspecified atom stereocenters. The van der Waals surface area contributed by atoms with Crippen molar-refractivity contribution in [3.05, 3.63) is 83.7 Å². The van der Waals surface area contributed by atoms with Gasteiger partial charge in [0.2, 0.25) is 0 Å². The van der Waals surface area contributed by atoms with Crippen LogP contribution in [0.1, 0.15) is 28.4 Å². The van der Waals surface area contributed by atoms with Gasteiger partial charge in [-0.3, -0.25) is 14.6 Å². The van der Waals surface area contributed by atoms with E-state index in [0.717, 1.165) is 11.1 Å². The second kappa shape index (κ2) is 7.75. The highest BCUT2D eigenvalue weighted by Gasteiger charge is 2.32. The Bertz CT molecular complexity index is 1070. The average Bonchev–Trinajstić information content (AvgIpc) is 2.73. The Balaban J connectivity index is 1.65. The van der Waals surface area contributed by atoms with Crippen LogP contribution in [0, 0.1) is 6.92 Å². The Morgan fingerprint density at radius 1 is 1.14 bits per heavy atom. The lowest BCUT2D eigenvalue weighted by Crippen LogP contribution is -2.44. The number of aryl methyl sites for hydroxylation is 1. The molecule has 0 radical (unpaired) electrons. The molecule has 0 fully saturated rings. The van der Waals surface area contributed by atoms with E-state index in [1.54, 1.807) is 54.5 Å². The van der Waals surface area contributed by atoms with E-state index in [0.29, 0.717) is 29.2 Å². The molecule has 0 spiro atoms. The summed E-state index contributed by atoms with van der Waals surface area (Å²) >= 11 is 0. The smallest absolute Gasteiger partial charge is 0.268 e. The zero-order valence-corrected chi connectivity index (χ0v) is 16.3. The van der Waals surface area contributed by atoms with Gasteiger partial charge < -0.3 is 15.0 Å². The second-order valence-corrected chi connectivity index (χ2v) is 6.98. The summed E-state index contributed by atoms with van der Waals surface area (Å²) in [5, 5.41) is 2.87. The molecule has 0 bridgehead atoms. The number of nitrogens with one attached hydrogen (secondary N) is 1. The number of ether oxygens (including phenoxy) is 1. The first kappa shape index (κ1) is 18.7. The number of pyridine rings is 1. The summed E-state index contributed by atoms with van der Waals surface area (Å²) in [6.45, 7) is 4.21. The molecule has 1 aromatic heterocycles. The summed E-state index contributed by atoms with van der Waals surface area (Å²) in [4.78, 5) is 31.0. The maximum absolute atomic E-state index is 12.9. The van der Waals surface area contributed by atoms with Gasteiger partial charge in [0.1, 0.15) is 5.75 Å². The topological polar surface area (TPSA) is 71.5 Å². The highest BCUT2D eigenvalue weighted by molar-refractivity contribution is 6.05. The Labute approximate surface area is 169 Å². The molecule has 6 heteroatoms. The third-order valence-electron chi connectivity index (χ3n) is 4.96. The molecule has 6 nitrogen and oxygen atoms in total. The monoisotopic (exact) mass is 387 g/mol. The van der Waals surface area contributed by atoms with Crippen LogP contribution in [-0.2, 0) is 11.3 Å². The highest BCUT2D eigenvalue weighted by atomic mass is 16.5. The van der Waals surface area contributed by atoms with Gasteiger partial charge in [-0.05, 0) is 55.3 Å². The van der Waals surface area contributed by atoms with Crippen molar-refractivity contribution in [3.63, 3.8) is 0 Å². The fraction of sp³-hybridized carbons (Fsp3) is 0.174. The molecule has 0 aliphatic carbocycles. The molecular weight excluding hydrogens is 366 g/mol. The van der Waals surface area contributed by atoms with Crippen LogP contribution in [0.15, 0.2) is 67.0 Å². The van der Waals surface area contributed by atoms with E-state index in [-0.39, 0.29) is 11.8 Å². The first-order valence-corrected chi connectivity index (χ1v) is 9.41. The number of fused-ring (bicyclic) bond motifs is 1. The van der Waals surface area contributed by atoms with Crippen molar-refractivity contribution in [2.45, 2.75) is 26.5 Å². The van der Waals surface area contributed by atoms with E-state index in [9.17, 15) is 9.59 Å². The van der Waals surface area contributed by atoms with Crippen molar-refractivity contribution in [3.8, 4) is 5.75 Å². The number of anilines is 2. The van der Waals surface area contributed by atoms with Crippen LogP contribution in [0.5, 0.6) is 5.75 Å². The number of carbonyl (C=O) groups excluding carboxylic acids is 2. The van der Waals surface area contributed by atoms with Crippen LogP contribution < -0.4 is 15.0 Å². The molecule has 1 aliphatic rings. The molecule has 2 amide bonds. The number of aromatic nitrogens is 1. The van der Waals surface area contributed by atoms with Crippen LogP contribution >= 0.6 is 0 Å². The van der Waals surface area contributed by atoms with Gasteiger partial charge in [-0.15, -0.1) is 0 Å². The summed E-state index contributed by atoms with van der Waals surface area (Å²) < 4.78 is 5.77. The minimum absolute atomic E-state index is 0.113. The largest absolute Gasteiger partial charge is 0.479 e.